The summed E-state index contributed by atoms with van der Waals surface area (Å²) in [6, 6.07) is 5.37. The highest BCUT2D eigenvalue weighted by atomic mass is 32.1. The van der Waals surface area contributed by atoms with Crippen LogP contribution in [-0.2, 0) is 13.0 Å². The van der Waals surface area contributed by atoms with Crippen molar-refractivity contribution in [3.05, 3.63) is 52.8 Å². The Morgan fingerprint density at radius 2 is 2.33 bits per heavy atom. The van der Waals surface area contributed by atoms with Crippen molar-refractivity contribution in [3.8, 4) is 0 Å². The molecule has 3 heterocycles. The van der Waals surface area contributed by atoms with Crippen molar-refractivity contribution >= 4 is 28.0 Å². The third kappa shape index (κ3) is 2.08. The first kappa shape index (κ1) is 12.4. The van der Waals surface area contributed by atoms with Crippen LogP contribution in [0.1, 0.15) is 21.6 Å². The highest BCUT2D eigenvalue weighted by Gasteiger charge is 2.21. The summed E-state index contributed by atoms with van der Waals surface area (Å²) in [5, 5.41) is 11.1. The molecule has 21 heavy (non-hydrogen) atoms. The zero-order valence-corrected chi connectivity index (χ0v) is 12.0. The van der Waals surface area contributed by atoms with Crippen molar-refractivity contribution in [2.75, 3.05) is 11.4 Å². The fourth-order valence-electron chi connectivity index (χ4n) is 2.79. The number of fused-ring (bicyclic) bond motifs is 2. The molecule has 0 saturated carbocycles. The maximum Gasteiger partial charge on any atom is 0.335 e. The molecular weight excluding hydrogens is 286 g/mol. The van der Waals surface area contributed by atoms with E-state index in [4.69, 9.17) is 5.11 Å². The number of carbonyl (C=O) groups is 1. The predicted octanol–water partition coefficient (Wildman–Crippen LogP) is 2.66. The zero-order chi connectivity index (χ0) is 14.4. The summed E-state index contributed by atoms with van der Waals surface area (Å²) >= 11 is 1.61. The molecule has 0 fully saturated rings. The predicted molar refractivity (Wildman–Crippen MR) is 81.2 cm³/mol. The van der Waals surface area contributed by atoms with Crippen LogP contribution >= 0.6 is 11.3 Å². The van der Waals surface area contributed by atoms with Gasteiger partial charge in [0.1, 0.15) is 0 Å². The lowest BCUT2D eigenvalue weighted by Crippen LogP contribution is -2.20. The van der Waals surface area contributed by atoms with Crippen LogP contribution in [0.25, 0.3) is 4.96 Å². The lowest BCUT2D eigenvalue weighted by atomic mass is 10.1. The molecule has 0 aliphatic carbocycles. The van der Waals surface area contributed by atoms with E-state index in [9.17, 15) is 4.79 Å². The van der Waals surface area contributed by atoms with Crippen molar-refractivity contribution in [1.29, 1.82) is 0 Å². The Hall–Kier alpha value is -2.34. The second kappa shape index (κ2) is 4.60. The van der Waals surface area contributed by atoms with Crippen molar-refractivity contribution < 1.29 is 9.90 Å². The molecule has 3 aromatic rings. The molecule has 0 bridgehead atoms. The van der Waals surface area contributed by atoms with E-state index >= 15 is 0 Å². The number of thiazole rings is 1. The number of rotatable bonds is 3. The summed E-state index contributed by atoms with van der Waals surface area (Å²) in [7, 11) is 0. The minimum Gasteiger partial charge on any atom is -0.478 e. The third-order valence-corrected chi connectivity index (χ3v) is 4.59. The molecule has 1 aromatic carbocycles. The normalized spacial score (nSPS) is 13.8. The zero-order valence-electron chi connectivity index (χ0n) is 11.2. The van der Waals surface area contributed by atoms with Gasteiger partial charge in [-0.2, -0.15) is 0 Å². The van der Waals surface area contributed by atoms with Gasteiger partial charge in [0.25, 0.3) is 0 Å². The molecule has 0 atom stereocenters. The summed E-state index contributed by atoms with van der Waals surface area (Å²) in [5.74, 6) is -0.882. The molecule has 0 saturated heterocycles. The van der Waals surface area contributed by atoms with E-state index in [1.54, 1.807) is 23.5 Å². The van der Waals surface area contributed by atoms with E-state index < -0.39 is 5.97 Å². The fourth-order valence-corrected chi connectivity index (χ4v) is 3.51. The highest BCUT2D eigenvalue weighted by molar-refractivity contribution is 7.15. The Balaban J connectivity index is 1.65. The SMILES string of the molecule is O=C(O)c1ccc2c(c1)N(Cc1cn3ccsc3n1)CC2. The number of carboxylic acids is 1. The Kier molecular flexibility index (Phi) is 2.71. The number of anilines is 1. The number of aromatic carboxylic acids is 1. The Morgan fingerprint density at radius 1 is 1.43 bits per heavy atom. The van der Waals surface area contributed by atoms with Gasteiger partial charge in [0.15, 0.2) is 4.96 Å². The molecule has 2 aromatic heterocycles. The van der Waals surface area contributed by atoms with E-state index in [0.29, 0.717) is 12.1 Å². The van der Waals surface area contributed by atoms with Crippen LogP contribution < -0.4 is 4.90 Å². The summed E-state index contributed by atoms with van der Waals surface area (Å²) in [4.78, 5) is 18.9. The molecule has 106 valence electrons. The van der Waals surface area contributed by atoms with Gasteiger partial charge < -0.3 is 10.0 Å². The van der Waals surface area contributed by atoms with Gasteiger partial charge in [0.2, 0.25) is 0 Å². The van der Waals surface area contributed by atoms with Crippen molar-refractivity contribution in [2.45, 2.75) is 13.0 Å². The van der Waals surface area contributed by atoms with Crippen LogP contribution in [-0.4, -0.2) is 27.0 Å². The monoisotopic (exact) mass is 299 g/mol. The van der Waals surface area contributed by atoms with Crippen LogP contribution in [0.2, 0.25) is 0 Å². The lowest BCUT2D eigenvalue weighted by molar-refractivity contribution is 0.0697. The quantitative estimate of drug-likeness (QED) is 0.808. The van der Waals surface area contributed by atoms with Gasteiger partial charge in [-0.3, -0.25) is 4.40 Å². The highest BCUT2D eigenvalue weighted by Crippen LogP contribution is 2.30. The largest absolute Gasteiger partial charge is 0.478 e. The summed E-state index contributed by atoms with van der Waals surface area (Å²) in [6.45, 7) is 1.62. The van der Waals surface area contributed by atoms with Gasteiger partial charge in [-0.05, 0) is 24.1 Å². The van der Waals surface area contributed by atoms with Crippen molar-refractivity contribution in [1.82, 2.24) is 9.38 Å². The van der Waals surface area contributed by atoms with Crippen LogP contribution in [0.4, 0.5) is 5.69 Å². The van der Waals surface area contributed by atoms with E-state index in [2.05, 4.69) is 9.88 Å². The molecule has 0 radical (unpaired) electrons. The number of aromatic nitrogens is 2. The summed E-state index contributed by atoms with van der Waals surface area (Å²) in [6.07, 6.45) is 4.99. The number of hydrogen-bond donors (Lipinski definition) is 1. The van der Waals surface area contributed by atoms with E-state index in [1.807, 2.05) is 28.2 Å². The molecule has 1 aliphatic rings. The molecule has 0 unspecified atom stereocenters. The molecule has 1 aliphatic heterocycles. The maximum absolute atomic E-state index is 11.1. The van der Waals surface area contributed by atoms with E-state index in [1.165, 1.54) is 5.56 Å². The van der Waals surface area contributed by atoms with Crippen molar-refractivity contribution in [3.63, 3.8) is 0 Å². The molecule has 4 rings (SSSR count). The standard InChI is InChI=1S/C15H13N3O2S/c19-14(20)11-2-1-10-3-4-17(13(10)7-11)8-12-9-18-5-6-21-15(18)16-12/h1-2,5-7,9H,3-4,8H2,(H,19,20). The topological polar surface area (TPSA) is 57.8 Å². The molecule has 6 heteroatoms. The van der Waals surface area contributed by atoms with Gasteiger partial charge in [0.05, 0.1) is 17.8 Å². The molecule has 5 nitrogen and oxygen atoms in total. The number of imidazole rings is 1. The van der Waals surface area contributed by atoms with E-state index in [0.717, 1.165) is 29.3 Å². The van der Waals surface area contributed by atoms with Gasteiger partial charge >= 0.3 is 5.97 Å². The Labute approximate surface area is 125 Å². The number of benzene rings is 1. The van der Waals surface area contributed by atoms with Gasteiger partial charge in [-0.25, -0.2) is 9.78 Å². The van der Waals surface area contributed by atoms with Gasteiger partial charge in [-0.15, -0.1) is 11.3 Å². The Morgan fingerprint density at radius 3 is 3.14 bits per heavy atom. The minimum atomic E-state index is -0.882. The first-order valence-electron chi connectivity index (χ1n) is 6.73. The van der Waals surface area contributed by atoms with Crippen LogP contribution in [0.15, 0.2) is 36.0 Å². The number of nitrogens with zero attached hydrogens (tertiary/aromatic N) is 3. The molecule has 1 N–H and O–H groups in total. The van der Waals surface area contributed by atoms with Crippen LogP contribution in [0, 0.1) is 0 Å². The molecule has 0 amide bonds. The van der Waals surface area contributed by atoms with Gasteiger partial charge in [0, 0.05) is 30.0 Å². The second-order valence-electron chi connectivity index (χ2n) is 5.15. The third-order valence-electron chi connectivity index (χ3n) is 3.82. The average Bonchev–Trinajstić information content (AvgIpc) is 3.13. The Bertz CT molecular complexity index is 808. The lowest BCUT2D eigenvalue weighted by Gasteiger charge is -2.18. The second-order valence-corrected chi connectivity index (χ2v) is 6.02. The van der Waals surface area contributed by atoms with Gasteiger partial charge in [-0.1, -0.05) is 6.07 Å². The van der Waals surface area contributed by atoms with E-state index in [-0.39, 0.29) is 0 Å². The summed E-state index contributed by atoms with van der Waals surface area (Å²) < 4.78 is 2.02. The first-order chi connectivity index (χ1) is 10.2. The maximum atomic E-state index is 11.1. The first-order valence-corrected chi connectivity index (χ1v) is 7.61. The minimum absolute atomic E-state index is 0.339. The van der Waals surface area contributed by atoms with Crippen molar-refractivity contribution in [2.24, 2.45) is 0 Å². The van der Waals surface area contributed by atoms with Crippen LogP contribution in [0.5, 0.6) is 0 Å². The number of hydrogen-bond acceptors (Lipinski definition) is 4. The smallest absolute Gasteiger partial charge is 0.335 e. The molecule has 0 spiro atoms. The average molecular weight is 299 g/mol. The molecular formula is C15H13N3O2S. The fraction of sp³-hybridized carbons (Fsp3) is 0.200. The summed E-state index contributed by atoms with van der Waals surface area (Å²) in [5.41, 5.74) is 3.58. The number of carboxylic acid groups (broad SMARTS) is 1. The van der Waals surface area contributed by atoms with Crippen LogP contribution in [0.3, 0.4) is 0 Å².